The molecule has 0 unspecified atom stereocenters. The summed E-state index contributed by atoms with van der Waals surface area (Å²) < 4.78 is 41.1. The second-order valence-electron chi connectivity index (χ2n) is 4.57. The van der Waals surface area contributed by atoms with Crippen LogP contribution in [0.3, 0.4) is 0 Å². The molecule has 19 heavy (non-hydrogen) atoms. The molecule has 2 nitrogen and oxygen atoms in total. The summed E-state index contributed by atoms with van der Waals surface area (Å²) in [4.78, 5) is 11.6. The van der Waals surface area contributed by atoms with Crippen LogP contribution in [0, 0.1) is 0 Å². The summed E-state index contributed by atoms with van der Waals surface area (Å²) in [5.41, 5.74) is 1.84. The first-order valence-corrected chi connectivity index (χ1v) is 5.85. The van der Waals surface area contributed by atoms with Crippen molar-refractivity contribution in [1.29, 1.82) is 0 Å². The van der Waals surface area contributed by atoms with E-state index in [1.165, 1.54) is 12.1 Å². The van der Waals surface area contributed by atoms with Crippen LogP contribution in [0.2, 0.25) is 0 Å². The normalized spacial score (nSPS) is 20.1. The Morgan fingerprint density at radius 2 is 1.84 bits per heavy atom. The Morgan fingerprint density at radius 3 is 2.37 bits per heavy atom. The number of halogens is 3. The highest BCUT2D eigenvalue weighted by molar-refractivity contribution is 5.99. The standard InChI is InChI=1S/C14H13F3O2/c1-8-9(2)12(18)7-11(8)10-5-3-4-6-13(10)19-14(15,16)17/h3-6,11H,7H2,1-2H3/t11-/m0/s1. The molecule has 1 aliphatic carbocycles. The highest BCUT2D eigenvalue weighted by Gasteiger charge is 2.35. The number of allylic oxidation sites excluding steroid dienone is 2. The van der Waals surface area contributed by atoms with Gasteiger partial charge in [-0.05, 0) is 25.5 Å². The van der Waals surface area contributed by atoms with Crippen molar-refractivity contribution in [3.05, 3.63) is 41.0 Å². The molecular weight excluding hydrogens is 257 g/mol. The van der Waals surface area contributed by atoms with E-state index < -0.39 is 6.36 Å². The summed E-state index contributed by atoms with van der Waals surface area (Å²) in [5, 5.41) is 0. The van der Waals surface area contributed by atoms with Crippen LogP contribution in [-0.4, -0.2) is 12.1 Å². The molecule has 0 spiro atoms. The first-order valence-electron chi connectivity index (χ1n) is 5.85. The molecule has 0 amide bonds. The number of benzene rings is 1. The SMILES string of the molecule is CC1=C(C)[C@@H](c2ccccc2OC(F)(F)F)CC1=O. The number of rotatable bonds is 2. The van der Waals surface area contributed by atoms with E-state index in [1.54, 1.807) is 26.0 Å². The van der Waals surface area contributed by atoms with Crippen molar-refractivity contribution in [2.24, 2.45) is 0 Å². The average molecular weight is 270 g/mol. The zero-order valence-corrected chi connectivity index (χ0v) is 10.5. The van der Waals surface area contributed by atoms with Gasteiger partial charge < -0.3 is 4.74 Å². The van der Waals surface area contributed by atoms with Crippen LogP contribution in [0.1, 0.15) is 31.7 Å². The number of ether oxygens (including phenoxy) is 1. The van der Waals surface area contributed by atoms with Gasteiger partial charge >= 0.3 is 6.36 Å². The Morgan fingerprint density at radius 1 is 1.21 bits per heavy atom. The monoisotopic (exact) mass is 270 g/mol. The molecule has 0 heterocycles. The lowest BCUT2D eigenvalue weighted by Gasteiger charge is -2.18. The van der Waals surface area contributed by atoms with Gasteiger partial charge in [-0.2, -0.15) is 0 Å². The van der Waals surface area contributed by atoms with Crippen molar-refractivity contribution in [2.45, 2.75) is 32.5 Å². The van der Waals surface area contributed by atoms with Gasteiger partial charge in [0, 0.05) is 17.9 Å². The summed E-state index contributed by atoms with van der Waals surface area (Å²) >= 11 is 0. The van der Waals surface area contributed by atoms with E-state index >= 15 is 0 Å². The maximum Gasteiger partial charge on any atom is 0.573 e. The fraction of sp³-hybridized carbons (Fsp3) is 0.357. The lowest BCUT2D eigenvalue weighted by molar-refractivity contribution is -0.274. The second-order valence-corrected chi connectivity index (χ2v) is 4.57. The summed E-state index contributed by atoms with van der Waals surface area (Å²) in [5.74, 6) is -0.586. The van der Waals surface area contributed by atoms with E-state index in [0.29, 0.717) is 11.1 Å². The number of carbonyl (C=O) groups excluding carboxylic acids is 1. The lowest BCUT2D eigenvalue weighted by Crippen LogP contribution is -2.18. The average Bonchev–Trinajstić information content (AvgIpc) is 2.56. The number of hydrogen-bond acceptors (Lipinski definition) is 2. The van der Waals surface area contributed by atoms with Gasteiger partial charge in [-0.25, -0.2) is 0 Å². The van der Waals surface area contributed by atoms with Crippen molar-refractivity contribution in [3.8, 4) is 5.75 Å². The molecule has 1 aromatic carbocycles. The van der Waals surface area contributed by atoms with Gasteiger partial charge in [0.25, 0.3) is 0 Å². The van der Waals surface area contributed by atoms with E-state index in [-0.39, 0.29) is 23.9 Å². The zero-order chi connectivity index (χ0) is 14.2. The molecule has 0 bridgehead atoms. The van der Waals surface area contributed by atoms with Crippen LogP contribution in [0.15, 0.2) is 35.4 Å². The number of alkyl halides is 3. The van der Waals surface area contributed by atoms with E-state index in [0.717, 1.165) is 5.57 Å². The molecule has 2 rings (SSSR count). The molecule has 0 saturated heterocycles. The van der Waals surface area contributed by atoms with Gasteiger partial charge in [-0.3, -0.25) is 4.79 Å². The van der Waals surface area contributed by atoms with Crippen LogP contribution >= 0.6 is 0 Å². The smallest absolute Gasteiger partial charge is 0.405 e. The van der Waals surface area contributed by atoms with Gasteiger partial charge in [0.1, 0.15) is 5.75 Å². The Labute approximate surface area is 108 Å². The van der Waals surface area contributed by atoms with Crippen LogP contribution in [0.5, 0.6) is 5.75 Å². The number of carbonyl (C=O) groups is 1. The molecule has 5 heteroatoms. The maximum atomic E-state index is 12.4. The molecule has 0 radical (unpaired) electrons. The minimum atomic E-state index is -4.73. The Balaban J connectivity index is 2.39. The van der Waals surface area contributed by atoms with E-state index in [9.17, 15) is 18.0 Å². The summed E-state index contributed by atoms with van der Waals surface area (Å²) in [6.45, 7) is 3.47. The van der Waals surface area contributed by atoms with Crippen molar-refractivity contribution in [3.63, 3.8) is 0 Å². The van der Waals surface area contributed by atoms with Crippen molar-refractivity contribution in [1.82, 2.24) is 0 Å². The van der Waals surface area contributed by atoms with Crippen molar-refractivity contribution < 1.29 is 22.7 Å². The Bertz CT molecular complexity index is 544. The predicted octanol–water partition coefficient (Wildman–Crippen LogP) is 3.98. The number of Topliss-reactive ketones (excluding diaryl/α,β-unsaturated/α-hetero) is 1. The molecule has 0 saturated carbocycles. The van der Waals surface area contributed by atoms with Gasteiger partial charge in [-0.15, -0.1) is 13.2 Å². The summed E-state index contributed by atoms with van der Waals surface area (Å²) in [6, 6.07) is 5.96. The number of hydrogen-bond donors (Lipinski definition) is 0. The minimum absolute atomic E-state index is 0.0238. The van der Waals surface area contributed by atoms with Crippen molar-refractivity contribution in [2.75, 3.05) is 0 Å². The van der Waals surface area contributed by atoms with Gasteiger partial charge in [-0.1, -0.05) is 23.8 Å². The number of ketones is 1. The molecule has 1 atom stereocenters. The first kappa shape index (κ1) is 13.6. The van der Waals surface area contributed by atoms with Crippen LogP contribution in [0.4, 0.5) is 13.2 Å². The van der Waals surface area contributed by atoms with Gasteiger partial charge in [0.05, 0.1) is 0 Å². The fourth-order valence-corrected chi connectivity index (χ4v) is 2.30. The largest absolute Gasteiger partial charge is 0.573 e. The molecule has 0 aromatic heterocycles. The summed E-state index contributed by atoms with van der Waals surface area (Å²) in [6.07, 6.45) is -4.53. The minimum Gasteiger partial charge on any atom is -0.405 e. The van der Waals surface area contributed by atoms with Gasteiger partial charge in [0.15, 0.2) is 5.78 Å². The highest BCUT2D eigenvalue weighted by atomic mass is 19.4. The number of para-hydroxylation sites is 1. The molecule has 0 fully saturated rings. The third-order valence-corrected chi connectivity index (χ3v) is 3.44. The molecule has 0 N–H and O–H groups in total. The third kappa shape index (κ3) is 2.80. The van der Waals surface area contributed by atoms with Crippen LogP contribution in [-0.2, 0) is 4.79 Å². The quantitative estimate of drug-likeness (QED) is 0.812. The van der Waals surface area contributed by atoms with Crippen LogP contribution in [0.25, 0.3) is 0 Å². The van der Waals surface area contributed by atoms with Gasteiger partial charge in [0.2, 0.25) is 0 Å². The topological polar surface area (TPSA) is 26.3 Å². The van der Waals surface area contributed by atoms with E-state index in [1.807, 2.05) is 0 Å². The fourth-order valence-electron chi connectivity index (χ4n) is 2.30. The molecule has 1 aliphatic rings. The second kappa shape index (κ2) is 4.72. The van der Waals surface area contributed by atoms with E-state index in [2.05, 4.69) is 4.74 Å². The maximum absolute atomic E-state index is 12.4. The highest BCUT2D eigenvalue weighted by Crippen LogP contribution is 2.41. The molecule has 0 aliphatic heterocycles. The lowest BCUT2D eigenvalue weighted by atomic mass is 9.92. The Hall–Kier alpha value is -1.78. The first-order chi connectivity index (χ1) is 8.79. The zero-order valence-electron chi connectivity index (χ0n) is 10.5. The Kier molecular flexibility index (Phi) is 3.39. The van der Waals surface area contributed by atoms with Crippen molar-refractivity contribution >= 4 is 5.78 Å². The molecular formula is C14H13F3O2. The van der Waals surface area contributed by atoms with E-state index in [4.69, 9.17) is 0 Å². The third-order valence-electron chi connectivity index (χ3n) is 3.44. The molecule has 1 aromatic rings. The summed E-state index contributed by atoms with van der Waals surface area (Å²) in [7, 11) is 0. The predicted molar refractivity (Wildman–Crippen MR) is 63.9 cm³/mol. The molecule has 102 valence electrons. The van der Waals surface area contributed by atoms with Crippen LogP contribution < -0.4 is 4.74 Å².